The van der Waals surface area contributed by atoms with Gasteiger partial charge in [-0.1, -0.05) is 42.5 Å². The molecule has 6 nitrogen and oxygen atoms in total. The maximum Gasteiger partial charge on any atom is 0.220 e. The van der Waals surface area contributed by atoms with Crippen molar-refractivity contribution in [2.45, 2.75) is 25.3 Å². The Bertz CT molecular complexity index is 1250. The number of methoxy groups -OCH3 is 1. The molecule has 0 radical (unpaired) electrons. The van der Waals surface area contributed by atoms with Gasteiger partial charge in [0.25, 0.3) is 0 Å². The molecule has 33 heavy (non-hydrogen) atoms. The third-order valence-corrected chi connectivity index (χ3v) is 5.74. The fraction of sp³-hybridized carbons (Fsp3) is 0.222. The number of ether oxygens (including phenoxy) is 1. The Morgan fingerprint density at radius 3 is 2.33 bits per heavy atom. The first kappa shape index (κ1) is 22.3. The molecule has 1 N–H and O–H groups in total. The molecular weight excluding hydrogens is 414 g/mol. The molecule has 1 heterocycles. The van der Waals surface area contributed by atoms with Gasteiger partial charge in [-0.15, -0.1) is 0 Å². The van der Waals surface area contributed by atoms with Crippen molar-refractivity contribution >= 4 is 22.7 Å². The Morgan fingerprint density at radius 1 is 0.939 bits per heavy atom. The summed E-state index contributed by atoms with van der Waals surface area (Å²) in [4.78, 5) is 30.1. The fourth-order valence-electron chi connectivity index (χ4n) is 3.93. The van der Waals surface area contributed by atoms with Gasteiger partial charge >= 0.3 is 0 Å². The van der Waals surface area contributed by atoms with Crippen LogP contribution in [0.25, 0.3) is 11.0 Å². The number of amides is 1. The van der Waals surface area contributed by atoms with Crippen LogP contribution in [0.1, 0.15) is 47.1 Å². The lowest BCUT2D eigenvalue weighted by atomic mass is 10.0. The predicted octanol–water partition coefficient (Wildman–Crippen LogP) is 4.84. The lowest BCUT2D eigenvalue weighted by Gasteiger charge is -2.19. The van der Waals surface area contributed by atoms with Crippen molar-refractivity contribution in [1.29, 1.82) is 0 Å². The highest BCUT2D eigenvalue weighted by Crippen LogP contribution is 2.25. The van der Waals surface area contributed by atoms with Crippen molar-refractivity contribution in [2.24, 2.45) is 7.05 Å². The Morgan fingerprint density at radius 2 is 1.64 bits per heavy atom. The summed E-state index contributed by atoms with van der Waals surface area (Å²) in [5.74, 6) is 1.38. The van der Waals surface area contributed by atoms with E-state index in [1.165, 1.54) is 0 Å². The SMILES string of the molecule is COc1ccc(C(=O)CCCC(=O)NC(c2ccccc2)c2nc3ccccc3n2C)cc1. The van der Waals surface area contributed by atoms with E-state index in [9.17, 15) is 9.59 Å². The third-order valence-electron chi connectivity index (χ3n) is 5.74. The lowest BCUT2D eigenvalue weighted by Crippen LogP contribution is -2.31. The van der Waals surface area contributed by atoms with Crippen LogP contribution in [0.5, 0.6) is 5.75 Å². The number of hydrogen-bond donors (Lipinski definition) is 1. The number of carbonyl (C=O) groups is 2. The summed E-state index contributed by atoms with van der Waals surface area (Å²) < 4.78 is 7.14. The summed E-state index contributed by atoms with van der Waals surface area (Å²) in [5.41, 5.74) is 3.47. The number of aromatic nitrogens is 2. The highest BCUT2D eigenvalue weighted by atomic mass is 16.5. The zero-order valence-electron chi connectivity index (χ0n) is 18.8. The largest absolute Gasteiger partial charge is 0.497 e. The van der Waals surface area contributed by atoms with E-state index >= 15 is 0 Å². The summed E-state index contributed by atoms with van der Waals surface area (Å²) in [7, 11) is 3.55. The van der Waals surface area contributed by atoms with Crippen molar-refractivity contribution in [1.82, 2.24) is 14.9 Å². The maximum atomic E-state index is 12.9. The smallest absolute Gasteiger partial charge is 0.220 e. The van der Waals surface area contributed by atoms with Gasteiger partial charge in [-0.3, -0.25) is 9.59 Å². The number of benzene rings is 3. The molecule has 6 heteroatoms. The minimum absolute atomic E-state index is 0.0143. The molecule has 1 aromatic heterocycles. The van der Waals surface area contributed by atoms with Crippen molar-refractivity contribution < 1.29 is 14.3 Å². The first-order valence-electron chi connectivity index (χ1n) is 11.0. The van der Waals surface area contributed by atoms with Crippen LogP contribution in [0.2, 0.25) is 0 Å². The van der Waals surface area contributed by atoms with Gasteiger partial charge in [0.2, 0.25) is 5.91 Å². The number of imidazole rings is 1. The van der Waals surface area contributed by atoms with Crippen LogP contribution in [0, 0.1) is 0 Å². The molecule has 1 atom stereocenters. The maximum absolute atomic E-state index is 12.9. The van der Waals surface area contributed by atoms with Crippen LogP contribution >= 0.6 is 0 Å². The van der Waals surface area contributed by atoms with E-state index < -0.39 is 0 Å². The first-order valence-corrected chi connectivity index (χ1v) is 11.0. The summed E-state index contributed by atoms with van der Waals surface area (Å²) >= 11 is 0. The lowest BCUT2D eigenvalue weighted by molar-refractivity contribution is -0.121. The summed E-state index contributed by atoms with van der Waals surface area (Å²) in [6.45, 7) is 0. The number of nitrogens with zero attached hydrogens (tertiary/aromatic N) is 2. The van der Waals surface area contributed by atoms with Crippen LogP contribution in [-0.4, -0.2) is 28.4 Å². The van der Waals surface area contributed by atoms with Crippen molar-refractivity contribution in [2.75, 3.05) is 7.11 Å². The van der Waals surface area contributed by atoms with Crippen molar-refractivity contribution in [3.63, 3.8) is 0 Å². The first-order chi connectivity index (χ1) is 16.1. The number of Topliss-reactive ketones (excluding diaryl/α,β-unsaturated/α-hetero) is 1. The minimum atomic E-state index is -0.381. The van der Waals surface area contributed by atoms with Gasteiger partial charge < -0.3 is 14.6 Å². The number of aryl methyl sites for hydroxylation is 1. The van der Waals surface area contributed by atoms with Crippen LogP contribution < -0.4 is 10.1 Å². The molecule has 0 aliphatic carbocycles. The Labute approximate surface area is 193 Å². The summed E-state index contributed by atoms with van der Waals surface area (Å²) in [6, 6.07) is 24.4. The second-order valence-electron chi connectivity index (χ2n) is 7.93. The van der Waals surface area contributed by atoms with Crippen molar-refractivity contribution in [3.05, 3.63) is 95.8 Å². The van der Waals surface area contributed by atoms with E-state index in [-0.39, 0.29) is 24.2 Å². The zero-order valence-corrected chi connectivity index (χ0v) is 18.8. The van der Waals surface area contributed by atoms with E-state index in [0.717, 1.165) is 22.4 Å². The highest BCUT2D eigenvalue weighted by Gasteiger charge is 2.22. The average Bonchev–Trinajstić information content (AvgIpc) is 3.19. The van der Waals surface area contributed by atoms with Gasteiger partial charge in [0.15, 0.2) is 5.78 Å². The van der Waals surface area contributed by atoms with Crippen LogP contribution in [0.3, 0.4) is 0 Å². The molecule has 4 aromatic rings. The molecule has 0 saturated carbocycles. The molecule has 0 saturated heterocycles. The number of hydrogen-bond acceptors (Lipinski definition) is 4. The van der Waals surface area contributed by atoms with E-state index in [0.29, 0.717) is 24.2 Å². The van der Waals surface area contributed by atoms with Gasteiger partial charge in [0, 0.05) is 25.5 Å². The molecule has 0 aliphatic rings. The third kappa shape index (κ3) is 5.12. The summed E-state index contributed by atoms with van der Waals surface area (Å²) in [5, 5.41) is 3.13. The van der Waals surface area contributed by atoms with E-state index in [2.05, 4.69) is 5.32 Å². The molecule has 0 bridgehead atoms. The Balaban J connectivity index is 1.44. The van der Waals surface area contributed by atoms with Gasteiger partial charge in [-0.2, -0.15) is 0 Å². The molecule has 3 aromatic carbocycles. The molecular formula is C27H27N3O3. The molecule has 168 valence electrons. The Kier molecular flexibility index (Phi) is 6.83. The number of rotatable bonds is 9. The monoisotopic (exact) mass is 441 g/mol. The number of fused-ring (bicyclic) bond motifs is 1. The number of carbonyl (C=O) groups excluding carboxylic acids is 2. The normalized spacial score (nSPS) is 11.8. The second-order valence-corrected chi connectivity index (χ2v) is 7.93. The van der Waals surface area contributed by atoms with Crippen LogP contribution in [-0.2, 0) is 11.8 Å². The predicted molar refractivity (Wildman–Crippen MR) is 128 cm³/mol. The molecule has 0 aliphatic heterocycles. The average molecular weight is 442 g/mol. The van der Waals surface area contributed by atoms with E-state index in [4.69, 9.17) is 9.72 Å². The molecule has 0 fully saturated rings. The summed E-state index contributed by atoms with van der Waals surface area (Å²) in [6.07, 6.45) is 1.04. The molecule has 1 unspecified atom stereocenters. The topological polar surface area (TPSA) is 73.2 Å². The van der Waals surface area contributed by atoms with E-state index in [1.807, 2.05) is 66.2 Å². The highest BCUT2D eigenvalue weighted by molar-refractivity contribution is 5.96. The zero-order chi connectivity index (χ0) is 23.2. The Hall–Kier alpha value is -3.93. The minimum Gasteiger partial charge on any atom is -0.497 e. The number of nitrogens with one attached hydrogen (secondary N) is 1. The molecule has 1 amide bonds. The molecule has 0 spiro atoms. The number of ketones is 1. The van der Waals surface area contributed by atoms with Gasteiger partial charge in [-0.05, 0) is 48.4 Å². The van der Waals surface area contributed by atoms with Crippen molar-refractivity contribution in [3.8, 4) is 5.75 Å². The standard InChI is InChI=1S/C27H27N3O3/c1-30-23-12-7-6-11-22(23)28-27(30)26(20-9-4-3-5-10-20)29-25(32)14-8-13-24(31)19-15-17-21(33-2)18-16-19/h3-7,9-12,15-18,26H,8,13-14H2,1-2H3,(H,29,32). The van der Waals surface area contributed by atoms with Crippen LogP contribution in [0.15, 0.2) is 78.9 Å². The fourth-order valence-corrected chi connectivity index (χ4v) is 3.93. The number of para-hydroxylation sites is 2. The second kappa shape index (κ2) is 10.1. The molecule has 4 rings (SSSR count). The van der Waals surface area contributed by atoms with E-state index in [1.54, 1.807) is 31.4 Å². The van der Waals surface area contributed by atoms with Crippen LogP contribution in [0.4, 0.5) is 0 Å². The van der Waals surface area contributed by atoms with Gasteiger partial charge in [0.05, 0.1) is 18.1 Å². The van der Waals surface area contributed by atoms with Gasteiger partial charge in [0.1, 0.15) is 17.6 Å². The quantitative estimate of drug-likeness (QED) is 0.377. The van der Waals surface area contributed by atoms with Gasteiger partial charge in [-0.25, -0.2) is 4.98 Å².